The predicted octanol–water partition coefficient (Wildman–Crippen LogP) is 4.83. The Balaban J connectivity index is 2.29. The Morgan fingerprint density at radius 2 is 1.62 bits per heavy atom. The molecule has 5 heteroatoms. The van der Waals surface area contributed by atoms with E-state index in [4.69, 9.17) is 11.6 Å². The molecule has 0 radical (unpaired) electrons. The number of amides is 2. The summed E-state index contributed by atoms with van der Waals surface area (Å²) in [6.45, 7) is 8.99. The first-order chi connectivity index (χ1) is 13.8. The Kier molecular flexibility index (Phi) is 8.71. The van der Waals surface area contributed by atoms with Crippen LogP contribution < -0.4 is 5.32 Å². The zero-order chi connectivity index (χ0) is 21.4. The van der Waals surface area contributed by atoms with Crippen molar-refractivity contribution in [3.8, 4) is 0 Å². The van der Waals surface area contributed by atoms with Crippen molar-refractivity contribution in [3.63, 3.8) is 0 Å². The van der Waals surface area contributed by atoms with Gasteiger partial charge in [-0.05, 0) is 49.9 Å². The molecule has 2 rings (SSSR count). The van der Waals surface area contributed by atoms with Gasteiger partial charge < -0.3 is 10.2 Å². The highest BCUT2D eigenvalue weighted by Crippen LogP contribution is 2.18. The monoisotopic (exact) mass is 414 g/mol. The number of nitrogens with zero attached hydrogens (tertiary/aromatic N) is 1. The maximum absolute atomic E-state index is 13.3. The van der Waals surface area contributed by atoms with Crippen LogP contribution in [0.3, 0.4) is 0 Å². The Labute approximate surface area is 179 Å². The summed E-state index contributed by atoms with van der Waals surface area (Å²) in [7, 11) is 0. The third-order valence-corrected chi connectivity index (χ3v) is 5.09. The van der Waals surface area contributed by atoms with E-state index in [0.717, 1.165) is 28.7 Å². The molecular formula is C24H31ClN2O2. The average Bonchev–Trinajstić information content (AvgIpc) is 2.66. The van der Waals surface area contributed by atoms with E-state index in [2.05, 4.69) is 11.4 Å². The summed E-state index contributed by atoms with van der Waals surface area (Å²) in [5, 5.41) is 3.59. The Morgan fingerprint density at radius 1 is 1.00 bits per heavy atom. The van der Waals surface area contributed by atoms with Crippen LogP contribution in [0.15, 0.2) is 42.5 Å². The van der Waals surface area contributed by atoms with E-state index in [1.807, 2.05) is 64.1 Å². The van der Waals surface area contributed by atoms with Gasteiger partial charge in [0.2, 0.25) is 11.8 Å². The molecular weight excluding hydrogens is 384 g/mol. The van der Waals surface area contributed by atoms with Crippen molar-refractivity contribution in [2.75, 3.05) is 6.54 Å². The van der Waals surface area contributed by atoms with Gasteiger partial charge in [0.1, 0.15) is 6.04 Å². The van der Waals surface area contributed by atoms with Crippen molar-refractivity contribution in [3.05, 3.63) is 69.7 Å². The minimum atomic E-state index is -0.504. The van der Waals surface area contributed by atoms with Crippen molar-refractivity contribution < 1.29 is 9.59 Å². The summed E-state index contributed by atoms with van der Waals surface area (Å²) in [5.41, 5.74) is 4.18. The van der Waals surface area contributed by atoms with Gasteiger partial charge in [-0.2, -0.15) is 0 Å². The molecule has 0 spiro atoms. The first-order valence-corrected chi connectivity index (χ1v) is 10.6. The Hall–Kier alpha value is -2.33. The van der Waals surface area contributed by atoms with Crippen LogP contribution >= 0.6 is 11.6 Å². The van der Waals surface area contributed by atoms with Crippen LogP contribution in [0.25, 0.3) is 0 Å². The summed E-state index contributed by atoms with van der Waals surface area (Å²) in [5.74, 6) is -0.152. The fraction of sp³-hybridized carbons (Fsp3) is 0.417. The van der Waals surface area contributed by atoms with Crippen LogP contribution in [-0.4, -0.2) is 29.3 Å². The molecule has 0 aliphatic rings. The maximum atomic E-state index is 13.3. The highest BCUT2D eigenvalue weighted by atomic mass is 35.5. The second kappa shape index (κ2) is 11.0. The van der Waals surface area contributed by atoms with Gasteiger partial charge in [-0.15, -0.1) is 0 Å². The molecule has 4 nitrogen and oxygen atoms in total. The molecule has 0 heterocycles. The van der Waals surface area contributed by atoms with Gasteiger partial charge in [0.15, 0.2) is 0 Å². The largest absolute Gasteiger partial charge is 0.354 e. The number of halogens is 1. The van der Waals surface area contributed by atoms with Crippen molar-refractivity contribution in [2.45, 2.75) is 59.5 Å². The van der Waals surface area contributed by atoms with Crippen LogP contribution in [0, 0.1) is 13.8 Å². The van der Waals surface area contributed by atoms with Crippen molar-refractivity contribution in [1.29, 1.82) is 0 Å². The molecule has 1 N–H and O–H groups in total. The normalized spacial score (nSPS) is 11.8. The van der Waals surface area contributed by atoms with E-state index in [1.54, 1.807) is 4.90 Å². The molecule has 0 bridgehead atoms. The first-order valence-electron chi connectivity index (χ1n) is 10.2. The second-order valence-electron chi connectivity index (χ2n) is 7.54. The van der Waals surface area contributed by atoms with Gasteiger partial charge in [-0.1, -0.05) is 66.9 Å². The van der Waals surface area contributed by atoms with E-state index in [9.17, 15) is 9.59 Å². The SMILES string of the molecule is CCCNC(=O)[C@@H](CC)N(Cc1ccc(Cl)cc1)C(=O)Cc1cc(C)cc(C)c1. The zero-order valence-electron chi connectivity index (χ0n) is 17.8. The molecule has 156 valence electrons. The van der Waals surface area contributed by atoms with Gasteiger partial charge in [0.25, 0.3) is 0 Å². The van der Waals surface area contributed by atoms with E-state index in [1.165, 1.54) is 0 Å². The smallest absolute Gasteiger partial charge is 0.242 e. The summed E-state index contributed by atoms with van der Waals surface area (Å²) in [6.07, 6.45) is 1.69. The standard InChI is InChI=1S/C24H31ClN2O2/c1-5-11-26-24(29)22(6-2)27(16-19-7-9-21(25)10-8-19)23(28)15-20-13-17(3)12-18(4)14-20/h7-10,12-14,22H,5-6,11,15-16H2,1-4H3,(H,26,29)/t22-/m1/s1. The lowest BCUT2D eigenvalue weighted by Crippen LogP contribution is -2.49. The fourth-order valence-electron chi connectivity index (χ4n) is 3.52. The molecule has 0 fully saturated rings. The number of hydrogen-bond acceptors (Lipinski definition) is 2. The van der Waals surface area contributed by atoms with Gasteiger partial charge in [0, 0.05) is 18.1 Å². The molecule has 0 saturated carbocycles. The van der Waals surface area contributed by atoms with Crippen molar-refractivity contribution >= 4 is 23.4 Å². The minimum absolute atomic E-state index is 0.0524. The number of carbonyl (C=O) groups excluding carboxylic acids is 2. The minimum Gasteiger partial charge on any atom is -0.354 e. The lowest BCUT2D eigenvalue weighted by atomic mass is 10.0. The second-order valence-corrected chi connectivity index (χ2v) is 7.97. The van der Waals surface area contributed by atoms with Gasteiger partial charge in [0.05, 0.1) is 6.42 Å². The predicted molar refractivity (Wildman–Crippen MR) is 119 cm³/mol. The highest BCUT2D eigenvalue weighted by Gasteiger charge is 2.28. The van der Waals surface area contributed by atoms with Crippen LogP contribution in [0.5, 0.6) is 0 Å². The fourth-order valence-corrected chi connectivity index (χ4v) is 3.65. The number of benzene rings is 2. The van der Waals surface area contributed by atoms with E-state index >= 15 is 0 Å². The molecule has 0 unspecified atom stereocenters. The van der Waals surface area contributed by atoms with Gasteiger partial charge in [-0.3, -0.25) is 9.59 Å². The molecule has 0 aliphatic carbocycles. The Bertz CT molecular complexity index is 813. The molecule has 0 aromatic heterocycles. The lowest BCUT2D eigenvalue weighted by Gasteiger charge is -2.31. The molecule has 0 saturated heterocycles. The maximum Gasteiger partial charge on any atom is 0.242 e. The third-order valence-electron chi connectivity index (χ3n) is 4.84. The number of aryl methyl sites for hydroxylation is 2. The first kappa shape index (κ1) is 23.0. The molecule has 2 aromatic carbocycles. The van der Waals surface area contributed by atoms with E-state index in [-0.39, 0.29) is 18.2 Å². The highest BCUT2D eigenvalue weighted by molar-refractivity contribution is 6.30. The van der Waals surface area contributed by atoms with Crippen LogP contribution in [0.2, 0.25) is 5.02 Å². The third kappa shape index (κ3) is 6.90. The molecule has 2 aromatic rings. The Morgan fingerprint density at radius 3 is 2.17 bits per heavy atom. The quantitative estimate of drug-likeness (QED) is 0.638. The number of carbonyl (C=O) groups is 2. The van der Waals surface area contributed by atoms with Gasteiger partial charge >= 0.3 is 0 Å². The summed E-state index contributed by atoms with van der Waals surface area (Å²) in [4.78, 5) is 27.8. The molecule has 29 heavy (non-hydrogen) atoms. The van der Waals surface area contributed by atoms with Crippen LogP contribution in [0.1, 0.15) is 48.9 Å². The summed E-state index contributed by atoms with van der Waals surface area (Å²) < 4.78 is 0. The van der Waals surface area contributed by atoms with Crippen LogP contribution in [0.4, 0.5) is 0 Å². The van der Waals surface area contributed by atoms with Crippen molar-refractivity contribution in [1.82, 2.24) is 10.2 Å². The molecule has 0 aliphatic heterocycles. The number of nitrogens with one attached hydrogen (secondary N) is 1. The van der Waals surface area contributed by atoms with E-state index in [0.29, 0.717) is 24.5 Å². The van der Waals surface area contributed by atoms with Crippen LogP contribution in [-0.2, 0) is 22.6 Å². The number of hydrogen-bond donors (Lipinski definition) is 1. The average molecular weight is 415 g/mol. The topological polar surface area (TPSA) is 49.4 Å². The summed E-state index contributed by atoms with van der Waals surface area (Å²) >= 11 is 6.00. The van der Waals surface area contributed by atoms with Crippen molar-refractivity contribution in [2.24, 2.45) is 0 Å². The number of rotatable bonds is 9. The summed E-state index contributed by atoms with van der Waals surface area (Å²) in [6, 6.07) is 13.1. The molecule has 1 atom stereocenters. The van der Waals surface area contributed by atoms with Gasteiger partial charge in [-0.25, -0.2) is 0 Å². The molecule has 2 amide bonds. The zero-order valence-corrected chi connectivity index (χ0v) is 18.6. The van der Waals surface area contributed by atoms with E-state index < -0.39 is 6.04 Å². The lowest BCUT2D eigenvalue weighted by molar-refractivity contribution is -0.140.